The first kappa shape index (κ1) is 26.3. The Balaban J connectivity index is 1.41. The van der Waals surface area contributed by atoms with Gasteiger partial charge in [-0.15, -0.1) is 0 Å². The largest absolute Gasteiger partial charge is 0.444 e. The van der Waals surface area contributed by atoms with Gasteiger partial charge in [0.25, 0.3) is 0 Å². The summed E-state index contributed by atoms with van der Waals surface area (Å²) in [7, 11) is 0. The summed E-state index contributed by atoms with van der Waals surface area (Å²) in [5.41, 5.74) is -0.483. The van der Waals surface area contributed by atoms with Crippen molar-refractivity contribution in [3.63, 3.8) is 0 Å². The van der Waals surface area contributed by atoms with Crippen LogP contribution in [0.4, 0.5) is 4.79 Å². The third-order valence-electron chi connectivity index (χ3n) is 8.13. The molecule has 1 heterocycles. The SMILES string of the molecule is CC(C)(C)OC(=O)N1CC[C@@H](NC(=O)C2CCCC(C3CCCCCCCCC3)CCC2)C1. The van der Waals surface area contributed by atoms with Crippen LogP contribution < -0.4 is 5.32 Å². The predicted octanol–water partition coefficient (Wildman–Crippen LogP) is 6.84. The number of nitrogens with one attached hydrogen (secondary N) is 1. The van der Waals surface area contributed by atoms with Crippen LogP contribution >= 0.6 is 0 Å². The summed E-state index contributed by atoms with van der Waals surface area (Å²) in [5, 5.41) is 3.26. The Kier molecular flexibility index (Phi) is 10.4. The van der Waals surface area contributed by atoms with Gasteiger partial charge >= 0.3 is 6.09 Å². The van der Waals surface area contributed by atoms with Crippen molar-refractivity contribution in [2.75, 3.05) is 13.1 Å². The number of carbonyl (C=O) groups excluding carboxylic acids is 2. The Morgan fingerprint density at radius 1 is 0.727 bits per heavy atom. The summed E-state index contributed by atoms with van der Waals surface area (Å²) in [5.74, 6) is 2.16. The number of hydrogen-bond donors (Lipinski definition) is 1. The molecule has 5 nitrogen and oxygen atoms in total. The normalized spacial score (nSPS) is 29.1. The van der Waals surface area contributed by atoms with Gasteiger partial charge in [-0.05, 0) is 51.9 Å². The molecular formula is C28H50N2O3. The molecule has 3 rings (SSSR count). The fourth-order valence-electron chi connectivity index (χ4n) is 6.28. The Bertz CT molecular complexity index is 595. The summed E-state index contributed by atoms with van der Waals surface area (Å²) in [4.78, 5) is 27.1. The van der Waals surface area contributed by atoms with E-state index in [0.717, 1.165) is 31.1 Å². The van der Waals surface area contributed by atoms with Gasteiger partial charge in [-0.2, -0.15) is 0 Å². The van der Waals surface area contributed by atoms with Crippen LogP contribution in [0.2, 0.25) is 0 Å². The zero-order valence-corrected chi connectivity index (χ0v) is 21.7. The molecule has 0 unspecified atom stereocenters. The summed E-state index contributed by atoms with van der Waals surface area (Å²) in [6.07, 6.45) is 20.5. The van der Waals surface area contributed by atoms with E-state index in [9.17, 15) is 9.59 Å². The zero-order valence-electron chi connectivity index (χ0n) is 21.7. The van der Waals surface area contributed by atoms with Gasteiger partial charge in [0, 0.05) is 25.0 Å². The Morgan fingerprint density at radius 3 is 1.79 bits per heavy atom. The van der Waals surface area contributed by atoms with E-state index in [4.69, 9.17) is 4.74 Å². The Labute approximate surface area is 202 Å². The van der Waals surface area contributed by atoms with E-state index in [0.29, 0.717) is 13.1 Å². The molecule has 33 heavy (non-hydrogen) atoms. The quantitative estimate of drug-likeness (QED) is 0.499. The minimum Gasteiger partial charge on any atom is -0.444 e. The van der Waals surface area contributed by atoms with Crippen molar-refractivity contribution in [1.82, 2.24) is 10.2 Å². The predicted molar refractivity (Wildman–Crippen MR) is 134 cm³/mol. The highest BCUT2D eigenvalue weighted by atomic mass is 16.6. The van der Waals surface area contributed by atoms with E-state index >= 15 is 0 Å². The lowest BCUT2D eigenvalue weighted by Gasteiger charge is -2.31. The molecule has 1 aliphatic heterocycles. The molecule has 1 saturated heterocycles. The van der Waals surface area contributed by atoms with Gasteiger partial charge in [0.1, 0.15) is 5.60 Å². The molecule has 0 aromatic carbocycles. The molecule has 2 saturated carbocycles. The van der Waals surface area contributed by atoms with Crippen molar-refractivity contribution in [2.24, 2.45) is 17.8 Å². The second-order valence-electron chi connectivity index (χ2n) is 12.1. The maximum Gasteiger partial charge on any atom is 0.410 e. The highest BCUT2D eigenvalue weighted by molar-refractivity contribution is 5.79. The summed E-state index contributed by atoms with van der Waals surface area (Å²) in [6.45, 7) is 6.89. The van der Waals surface area contributed by atoms with Gasteiger partial charge in [0.05, 0.1) is 0 Å². The van der Waals surface area contributed by atoms with E-state index in [-0.39, 0.29) is 24.0 Å². The molecule has 0 bridgehead atoms. The number of rotatable bonds is 3. The minimum atomic E-state index is -0.483. The van der Waals surface area contributed by atoms with Crippen molar-refractivity contribution in [2.45, 2.75) is 135 Å². The van der Waals surface area contributed by atoms with Gasteiger partial charge in [-0.25, -0.2) is 4.79 Å². The first-order chi connectivity index (χ1) is 15.8. The van der Waals surface area contributed by atoms with Crippen LogP contribution in [0.15, 0.2) is 0 Å². The Hall–Kier alpha value is -1.26. The zero-order chi connectivity index (χ0) is 23.7. The lowest BCUT2D eigenvalue weighted by molar-refractivity contribution is -0.126. The van der Waals surface area contributed by atoms with Crippen molar-refractivity contribution in [3.8, 4) is 0 Å². The molecule has 3 aliphatic rings. The van der Waals surface area contributed by atoms with Crippen LogP contribution in [0.3, 0.4) is 0 Å². The molecule has 0 radical (unpaired) electrons. The van der Waals surface area contributed by atoms with Crippen LogP contribution in [0, 0.1) is 17.8 Å². The summed E-state index contributed by atoms with van der Waals surface area (Å²) < 4.78 is 5.48. The number of ether oxygens (including phenoxy) is 1. The molecular weight excluding hydrogens is 412 g/mol. The average molecular weight is 463 g/mol. The van der Waals surface area contributed by atoms with E-state index in [1.54, 1.807) is 4.90 Å². The van der Waals surface area contributed by atoms with Gasteiger partial charge in [-0.1, -0.05) is 83.5 Å². The van der Waals surface area contributed by atoms with Crippen molar-refractivity contribution < 1.29 is 14.3 Å². The van der Waals surface area contributed by atoms with Crippen molar-refractivity contribution in [3.05, 3.63) is 0 Å². The number of amides is 2. The van der Waals surface area contributed by atoms with Gasteiger partial charge in [0.15, 0.2) is 0 Å². The van der Waals surface area contributed by atoms with Crippen LogP contribution in [-0.2, 0) is 9.53 Å². The highest BCUT2D eigenvalue weighted by Crippen LogP contribution is 2.36. The van der Waals surface area contributed by atoms with Crippen LogP contribution in [0.1, 0.15) is 124 Å². The fraction of sp³-hybridized carbons (Fsp3) is 0.929. The minimum absolute atomic E-state index is 0.0612. The Morgan fingerprint density at radius 2 is 1.24 bits per heavy atom. The molecule has 0 aromatic heterocycles. The van der Waals surface area contributed by atoms with E-state index in [2.05, 4.69) is 5.32 Å². The van der Waals surface area contributed by atoms with E-state index < -0.39 is 5.60 Å². The second-order valence-corrected chi connectivity index (χ2v) is 12.1. The fourth-order valence-corrected chi connectivity index (χ4v) is 6.28. The maximum absolute atomic E-state index is 13.0. The number of carbonyl (C=O) groups is 2. The molecule has 5 heteroatoms. The monoisotopic (exact) mass is 462 g/mol. The van der Waals surface area contributed by atoms with Crippen LogP contribution in [0.5, 0.6) is 0 Å². The van der Waals surface area contributed by atoms with Gasteiger partial charge in [0.2, 0.25) is 5.91 Å². The van der Waals surface area contributed by atoms with Crippen molar-refractivity contribution in [1.29, 1.82) is 0 Å². The average Bonchev–Trinajstić information content (AvgIpc) is 3.19. The standard InChI is InChI=1S/C28H50N2O3/c1-28(2,3)33-27(32)30-20-19-25(21-30)29-26(31)24-17-11-15-23(16-12-18-24)22-13-9-7-5-4-6-8-10-14-22/h22-25H,4-21H2,1-3H3,(H,29,31)/t23?,24?,25-/m1/s1. The van der Waals surface area contributed by atoms with Crippen LogP contribution in [-0.4, -0.2) is 41.6 Å². The van der Waals surface area contributed by atoms with Crippen molar-refractivity contribution >= 4 is 12.0 Å². The van der Waals surface area contributed by atoms with E-state index in [1.807, 2.05) is 20.8 Å². The molecule has 3 fully saturated rings. The van der Waals surface area contributed by atoms with Gasteiger partial charge < -0.3 is 15.0 Å². The lowest BCUT2D eigenvalue weighted by Crippen LogP contribution is -2.42. The third kappa shape index (κ3) is 9.13. The molecule has 190 valence electrons. The first-order valence-corrected chi connectivity index (χ1v) is 14.1. The molecule has 1 atom stereocenters. The molecule has 0 spiro atoms. The molecule has 1 N–H and O–H groups in total. The first-order valence-electron chi connectivity index (χ1n) is 14.1. The third-order valence-corrected chi connectivity index (χ3v) is 8.13. The topological polar surface area (TPSA) is 58.6 Å². The maximum atomic E-state index is 13.0. The highest BCUT2D eigenvalue weighted by Gasteiger charge is 2.32. The van der Waals surface area contributed by atoms with Crippen LogP contribution in [0.25, 0.3) is 0 Å². The molecule has 2 amide bonds. The summed E-state index contributed by atoms with van der Waals surface area (Å²) in [6, 6.07) is 0.0612. The number of hydrogen-bond acceptors (Lipinski definition) is 3. The molecule has 0 aromatic rings. The lowest BCUT2D eigenvalue weighted by atomic mass is 9.75. The summed E-state index contributed by atoms with van der Waals surface area (Å²) >= 11 is 0. The second kappa shape index (κ2) is 13.0. The number of likely N-dealkylation sites (tertiary alicyclic amines) is 1. The van der Waals surface area contributed by atoms with Gasteiger partial charge in [-0.3, -0.25) is 4.79 Å². The molecule has 2 aliphatic carbocycles. The van der Waals surface area contributed by atoms with E-state index in [1.165, 1.54) is 83.5 Å². The number of nitrogens with zero attached hydrogens (tertiary/aromatic N) is 1. The smallest absolute Gasteiger partial charge is 0.410 e.